The second kappa shape index (κ2) is 9.25. The van der Waals surface area contributed by atoms with Crippen LogP contribution in [0.1, 0.15) is 44.6 Å². The number of ether oxygens (including phenoxy) is 3. The molecule has 0 amide bonds. The fourth-order valence-corrected chi connectivity index (χ4v) is 4.50. The first-order valence-corrected chi connectivity index (χ1v) is 10.9. The van der Waals surface area contributed by atoms with E-state index in [4.69, 9.17) is 14.2 Å². The fraction of sp³-hybridized carbons (Fsp3) is 0.423. The maximum Gasteiger partial charge on any atom is 0.171 e. The van der Waals surface area contributed by atoms with Gasteiger partial charge in [0.1, 0.15) is 18.1 Å². The number of carbonyl (C=O) groups excluding carboxylic acids is 1. The molecule has 2 aliphatic rings. The van der Waals surface area contributed by atoms with Gasteiger partial charge in [0, 0.05) is 26.1 Å². The number of aryl methyl sites for hydroxylation is 3. The lowest BCUT2D eigenvalue weighted by molar-refractivity contribution is 0.0322. The van der Waals surface area contributed by atoms with Crippen LogP contribution >= 0.6 is 0 Å². The third-order valence-electron chi connectivity index (χ3n) is 6.05. The van der Waals surface area contributed by atoms with E-state index in [9.17, 15) is 4.79 Å². The molecule has 0 bridgehead atoms. The lowest BCUT2D eigenvalue weighted by Gasteiger charge is -2.26. The minimum absolute atomic E-state index is 0.102. The van der Waals surface area contributed by atoms with Gasteiger partial charge in [-0.15, -0.1) is 0 Å². The molecule has 0 radical (unpaired) electrons. The zero-order valence-corrected chi connectivity index (χ0v) is 18.9. The van der Waals surface area contributed by atoms with E-state index in [-0.39, 0.29) is 5.78 Å². The maximum atomic E-state index is 12.9. The van der Waals surface area contributed by atoms with Crippen LogP contribution in [-0.4, -0.2) is 57.2 Å². The zero-order chi connectivity index (χ0) is 22.0. The summed E-state index contributed by atoms with van der Waals surface area (Å²) in [5.41, 5.74) is 7.01. The third-order valence-corrected chi connectivity index (χ3v) is 6.05. The number of benzene rings is 2. The second-order valence-corrected chi connectivity index (χ2v) is 8.44. The molecule has 4 rings (SSSR count). The maximum absolute atomic E-state index is 12.9. The summed E-state index contributed by atoms with van der Waals surface area (Å²) in [6, 6.07) is 8.24. The van der Waals surface area contributed by atoms with Crippen molar-refractivity contribution in [3.63, 3.8) is 0 Å². The van der Waals surface area contributed by atoms with Gasteiger partial charge in [-0.2, -0.15) is 0 Å². The zero-order valence-electron chi connectivity index (χ0n) is 18.9. The summed E-state index contributed by atoms with van der Waals surface area (Å²) in [7, 11) is 1.62. The molecule has 2 aromatic rings. The van der Waals surface area contributed by atoms with Gasteiger partial charge in [0.2, 0.25) is 0 Å². The molecule has 1 aliphatic carbocycles. The molecule has 1 aliphatic heterocycles. The van der Waals surface area contributed by atoms with Crippen molar-refractivity contribution in [1.82, 2.24) is 4.90 Å². The van der Waals surface area contributed by atoms with Gasteiger partial charge in [-0.05, 0) is 78.4 Å². The number of nitrogens with zero attached hydrogens (tertiary/aromatic N) is 1. The van der Waals surface area contributed by atoms with Gasteiger partial charge in [0.15, 0.2) is 5.78 Å². The monoisotopic (exact) mass is 421 g/mol. The molecule has 31 heavy (non-hydrogen) atoms. The number of methoxy groups -OCH3 is 1. The third kappa shape index (κ3) is 4.68. The Labute approximate surface area is 184 Å². The Hall–Kier alpha value is -2.63. The highest BCUT2D eigenvalue weighted by molar-refractivity contribution is 6.13. The summed E-state index contributed by atoms with van der Waals surface area (Å²) in [5.74, 6) is 1.70. The highest BCUT2D eigenvalue weighted by atomic mass is 16.5. The molecular formula is C26H31NO4. The SMILES string of the molecule is COc1cc(C)cc2c1C(=O)CC(c1cc(C)c(OCCN3CCOCC3)c(C)c1)=C2. The largest absolute Gasteiger partial charge is 0.496 e. The van der Waals surface area contributed by atoms with Crippen LogP contribution in [0.3, 0.4) is 0 Å². The van der Waals surface area contributed by atoms with Crippen molar-refractivity contribution in [2.24, 2.45) is 0 Å². The van der Waals surface area contributed by atoms with Crippen LogP contribution in [0.4, 0.5) is 0 Å². The van der Waals surface area contributed by atoms with Gasteiger partial charge >= 0.3 is 0 Å². The predicted molar refractivity (Wildman–Crippen MR) is 123 cm³/mol. The van der Waals surface area contributed by atoms with Crippen molar-refractivity contribution >= 4 is 17.4 Å². The Morgan fingerprint density at radius 3 is 2.42 bits per heavy atom. The van der Waals surface area contributed by atoms with Gasteiger partial charge in [0.05, 0.1) is 25.9 Å². The van der Waals surface area contributed by atoms with E-state index in [0.29, 0.717) is 24.3 Å². The molecule has 1 fully saturated rings. The van der Waals surface area contributed by atoms with Crippen LogP contribution in [0, 0.1) is 20.8 Å². The van der Waals surface area contributed by atoms with Crippen LogP contribution in [0.2, 0.25) is 0 Å². The van der Waals surface area contributed by atoms with Gasteiger partial charge in [-0.25, -0.2) is 0 Å². The van der Waals surface area contributed by atoms with E-state index < -0.39 is 0 Å². The first-order valence-electron chi connectivity index (χ1n) is 10.9. The summed E-state index contributed by atoms with van der Waals surface area (Å²) in [6.07, 6.45) is 2.50. The summed E-state index contributed by atoms with van der Waals surface area (Å²) >= 11 is 0. The number of Topliss-reactive ketones (excluding diaryl/α,β-unsaturated/α-hetero) is 1. The van der Waals surface area contributed by atoms with Crippen LogP contribution in [0.5, 0.6) is 11.5 Å². The van der Waals surface area contributed by atoms with Crippen molar-refractivity contribution in [1.29, 1.82) is 0 Å². The smallest absolute Gasteiger partial charge is 0.171 e. The Kier molecular flexibility index (Phi) is 6.44. The van der Waals surface area contributed by atoms with E-state index in [1.54, 1.807) is 7.11 Å². The standard InChI is InChI=1S/C26H31NO4/c1-17-11-22-15-21(16-23(28)25(22)24(12-17)29-4)20-13-18(2)26(19(3)14-20)31-10-7-27-5-8-30-9-6-27/h11-15H,5-10,16H2,1-4H3. The number of carbonyl (C=O) groups is 1. The molecular weight excluding hydrogens is 390 g/mol. The van der Waals surface area contributed by atoms with E-state index in [1.807, 2.05) is 13.0 Å². The molecule has 0 N–H and O–H groups in total. The van der Waals surface area contributed by atoms with Crippen LogP contribution in [0.15, 0.2) is 24.3 Å². The predicted octanol–water partition coefficient (Wildman–Crippen LogP) is 4.46. The average Bonchev–Trinajstić information content (AvgIpc) is 2.75. The summed E-state index contributed by atoms with van der Waals surface area (Å²) in [6.45, 7) is 11.3. The van der Waals surface area contributed by atoms with Crippen molar-refractivity contribution in [2.75, 3.05) is 46.6 Å². The van der Waals surface area contributed by atoms with Gasteiger partial charge in [-0.3, -0.25) is 9.69 Å². The van der Waals surface area contributed by atoms with Gasteiger partial charge in [-0.1, -0.05) is 6.07 Å². The number of hydrogen-bond acceptors (Lipinski definition) is 5. The lowest BCUT2D eigenvalue weighted by Crippen LogP contribution is -2.38. The number of allylic oxidation sites excluding steroid dienone is 1. The first-order chi connectivity index (χ1) is 15.0. The van der Waals surface area contributed by atoms with Crippen LogP contribution in [0.25, 0.3) is 11.6 Å². The van der Waals surface area contributed by atoms with Crippen molar-refractivity contribution in [3.05, 3.63) is 57.6 Å². The minimum atomic E-state index is 0.102. The summed E-state index contributed by atoms with van der Waals surface area (Å²) in [4.78, 5) is 15.3. The molecule has 0 spiro atoms. The van der Waals surface area contributed by atoms with Crippen LogP contribution in [-0.2, 0) is 4.74 Å². The Balaban J connectivity index is 1.55. The number of fused-ring (bicyclic) bond motifs is 1. The van der Waals surface area contributed by atoms with E-state index in [1.165, 1.54) is 0 Å². The normalized spacial score (nSPS) is 16.6. The fourth-order valence-electron chi connectivity index (χ4n) is 4.50. The summed E-state index contributed by atoms with van der Waals surface area (Å²) < 4.78 is 17.0. The van der Waals surface area contributed by atoms with Gasteiger partial charge in [0.25, 0.3) is 0 Å². The first kappa shape index (κ1) is 21.6. The molecule has 0 aromatic heterocycles. The number of rotatable bonds is 6. The summed E-state index contributed by atoms with van der Waals surface area (Å²) in [5, 5.41) is 0. The number of morpholine rings is 1. The van der Waals surface area contributed by atoms with Crippen molar-refractivity contribution in [2.45, 2.75) is 27.2 Å². The van der Waals surface area contributed by atoms with Gasteiger partial charge < -0.3 is 14.2 Å². The van der Waals surface area contributed by atoms with Crippen molar-refractivity contribution < 1.29 is 19.0 Å². The molecule has 0 saturated carbocycles. The highest BCUT2D eigenvalue weighted by Gasteiger charge is 2.24. The van der Waals surface area contributed by atoms with E-state index in [0.717, 1.165) is 72.0 Å². The highest BCUT2D eigenvalue weighted by Crippen LogP contribution is 2.37. The molecule has 0 atom stereocenters. The molecule has 164 valence electrons. The minimum Gasteiger partial charge on any atom is -0.496 e. The number of ketones is 1. The quantitative estimate of drug-likeness (QED) is 0.689. The Morgan fingerprint density at radius 2 is 1.74 bits per heavy atom. The lowest BCUT2D eigenvalue weighted by atomic mass is 9.85. The van der Waals surface area contributed by atoms with Crippen LogP contribution < -0.4 is 9.47 Å². The number of hydrogen-bond donors (Lipinski definition) is 0. The molecule has 5 heteroatoms. The molecule has 1 heterocycles. The Morgan fingerprint density at radius 1 is 1.03 bits per heavy atom. The molecule has 2 aromatic carbocycles. The molecule has 1 saturated heterocycles. The topological polar surface area (TPSA) is 48.0 Å². The Bertz CT molecular complexity index is 995. The molecule has 5 nitrogen and oxygen atoms in total. The van der Waals surface area contributed by atoms with E-state index in [2.05, 4.69) is 43.0 Å². The second-order valence-electron chi connectivity index (χ2n) is 8.44. The van der Waals surface area contributed by atoms with Crippen molar-refractivity contribution in [3.8, 4) is 11.5 Å². The molecule has 0 unspecified atom stereocenters. The average molecular weight is 422 g/mol. The van der Waals surface area contributed by atoms with E-state index >= 15 is 0 Å².